The number of hydrogen-bond acceptors (Lipinski definition) is 4. The maximum atomic E-state index is 13.5. The Kier molecular flexibility index (Phi) is 6.19. The number of carbonyl (C=O) groups excluding carboxylic acids is 2. The van der Waals surface area contributed by atoms with Crippen molar-refractivity contribution in [2.45, 2.75) is 50.6 Å². The van der Waals surface area contributed by atoms with E-state index in [1.54, 1.807) is 30.6 Å². The lowest BCUT2D eigenvalue weighted by Crippen LogP contribution is -2.49. The van der Waals surface area contributed by atoms with Gasteiger partial charge in [-0.3, -0.25) is 9.59 Å². The average molecular weight is 413 g/mol. The number of amides is 2. The minimum absolute atomic E-state index is 0.0297. The van der Waals surface area contributed by atoms with Crippen LogP contribution in [-0.2, 0) is 11.2 Å². The molecule has 5 nitrogen and oxygen atoms in total. The summed E-state index contributed by atoms with van der Waals surface area (Å²) in [7, 11) is 1.58. The van der Waals surface area contributed by atoms with Crippen LogP contribution in [0.4, 0.5) is 0 Å². The van der Waals surface area contributed by atoms with E-state index in [2.05, 4.69) is 16.8 Å². The Hall–Kier alpha value is -2.34. The van der Waals surface area contributed by atoms with Crippen LogP contribution < -0.4 is 10.1 Å². The van der Waals surface area contributed by atoms with Gasteiger partial charge in [-0.15, -0.1) is 0 Å². The highest BCUT2D eigenvalue weighted by Gasteiger charge is 2.47. The Morgan fingerprint density at radius 1 is 1.21 bits per heavy atom. The Morgan fingerprint density at radius 2 is 2.03 bits per heavy atom. The predicted octanol–water partition coefficient (Wildman–Crippen LogP) is 3.89. The SMILES string of the molecule is COc1ccccc1C(=O)N1[C@@H]2CCCC[C@@H]2C[C@H]1C(=O)NCCc1ccsc1. The summed E-state index contributed by atoms with van der Waals surface area (Å²) in [5, 5.41) is 7.23. The number of likely N-dealkylation sites (tertiary alicyclic amines) is 1. The number of hydrogen-bond donors (Lipinski definition) is 1. The molecule has 0 spiro atoms. The molecule has 0 bridgehead atoms. The second kappa shape index (κ2) is 8.99. The molecule has 1 saturated heterocycles. The molecular weight excluding hydrogens is 384 g/mol. The summed E-state index contributed by atoms with van der Waals surface area (Å²) in [6.45, 7) is 0.595. The summed E-state index contributed by atoms with van der Waals surface area (Å²) in [6.07, 6.45) is 5.95. The Balaban J connectivity index is 1.52. The minimum atomic E-state index is -0.400. The van der Waals surface area contributed by atoms with E-state index in [-0.39, 0.29) is 17.9 Å². The number of thiophene rings is 1. The molecule has 1 saturated carbocycles. The molecule has 154 valence electrons. The topological polar surface area (TPSA) is 58.6 Å². The van der Waals surface area contributed by atoms with Gasteiger partial charge in [-0.25, -0.2) is 0 Å². The zero-order chi connectivity index (χ0) is 20.2. The van der Waals surface area contributed by atoms with Crippen LogP contribution in [0.3, 0.4) is 0 Å². The summed E-state index contributed by atoms with van der Waals surface area (Å²) in [6, 6.07) is 9.13. The third-order valence-corrected chi connectivity index (χ3v) is 6.99. The smallest absolute Gasteiger partial charge is 0.258 e. The number of carbonyl (C=O) groups is 2. The van der Waals surface area contributed by atoms with E-state index in [0.717, 1.165) is 32.1 Å². The lowest BCUT2D eigenvalue weighted by atomic mass is 9.84. The maximum absolute atomic E-state index is 13.5. The summed E-state index contributed by atoms with van der Waals surface area (Å²) in [5.74, 6) is 0.858. The molecule has 2 fully saturated rings. The molecule has 2 heterocycles. The van der Waals surface area contributed by atoms with E-state index < -0.39 is 6.04 Å². The van der Waals surface area contributed by atoms with E-state index in [1.165, 1.54) is 12.0 Å². The van der Waals surface area contributed by atoms with Gasteiger partial charge in [0.1, 0.15) is 11.8 Å². The zero-order valence-corrected chi connectivity index (χ0v) is 17.6. The maximum Gasteiger partial charge on any atom is 0.258 e. The molecular formula is C23H28N2O3S. The molecule has 0 unspecified atom stereocenters. The number of fused-ring (bicyclic) bond motifs is 1. The van der Waals surface area contributed by atoms with Crippen molar-refractivity contribution in [2.24, 2.45) is 5.92 Å². The minimum Gasteiger partial charge on any atom is -0.496 e. The monoisotopic (exact) mass is 412 g/mol. The summed E-state index contributed by atoms with van der Waals surface area (Å²) >= 11 is 1.67. The van der Waals surface area contributed by atoms with E-state index >= 15 is 0 Å². The molecule has 0 radical (unpaired) electrons. The Labute approximate surface area is 176 Å². The highest BCUT2D eigenvalue weighted by atomic mass is 32.1. The number of rotatable bonds is 6. The Morgan fingerprint density at radius 3 is 2.83 bits per heavy atom. The number of benzene rings is 1. The van der Waals surface area contributed by atoms with Crippen LogP contribution in [0.5, 0.6) is 5.75 Å². The van der Waals surface area contributed by atoms with Gasteiger partial charge in [0.05, 0.1) is 12.7 Å². The zero-order valence-electron chi connectivity index (χ0n) is 16.8. The van der Waals surface area contributed by atoms with Gasteiger partial charge in [0.2, 0.25) is 5.91 Å². The molecule has 1 N–H and O–H groups in total. The van der Waals surface area contributed by atoms with Crippen LogP contribution >= 0.6 is 11.3 Å². The highest BCUT2D eigenvalue weighted by Crippen LogP contribution is 2.41. The van der Waals surface area contributed by atoms with Crippen molar-refractivity contribution >= 4 is 23.2 Å². The molecule has 6 heteroatoms. The third-order valence-electron chi connectivity index (χ3n) is 6.26. The summed E-state index contributed by atoms with van der Waals surface area (Å²) in [5.41, 5.74) is 1.77. The van der Waals surface area contributed by atoms with Gasteiger partial charge in [-0.2, -0.15) is 11.3 Å². The molecule has 1 aromatic carbocycles. The van der Waals surface area contributed by atoms with Crippen LogP contribution in [-0.4, -0.2) is 42.5 Å². The quantitative estimate of drug-likeness (QED) is 0.783. The van der Waals surface area contributed by atoms with Crippen LogP contribution in [0.1, 0.15) is 48.0 Å². The summed E-state index contributed by atoms with van der Waals surface area (Å²) < 4.78 is 5.42. The van der Waals surface area contributed by atoms with E-state index in [9.17, 15) is 9.59 Å². The molecule has 2 aromatic rings. The average Bonchev–Trinajstić information content (AvgIpc) is 3.41. The van der Waals surface area contributed by atoms with E-state index in [1.807, 2.05) is 22.4 Å². The fraction of sp³-hybridized carbons (Fsp3) is 0.478. The highest BCUT2D eigenvalue weighted by molar-refractivity contribution is 7.07. The van der Waals surface area contributed by atoms with Gasteiger partial charge < -0.3 is 15.0 Å². The van der Waals surface area contributed by atoms with E-state index in [0.29, 0.717) is 23.8 Å². The fourth-order valence-electron chi connectivity index (χ4n) is 4.83. The Bertz CT molecular complexity index is 852. The van der Waals surface area contributed by atoms with Crippen molar-refractivity contribution in [3.63, 3.8) is 0 Å². The molecule has 1 aliphatic carbocycles. The standard InChI is InChI=1S/C23H28N2O3S/c1-28-21-9-5-3-7-18(21)23(27)25-19-8-4-2-6-17(19)14-20(25)22(26)24-12-10-16-11-13-29-15-16/h3,5,7,9,11,13,15,17,19-20H,2,4,6,8,10,12,14H2,1H3,(H,24,26)/t17-,19-,20+/m1/s1. The van der Waals surface area contributed by atoms with Gasteiger partial charge in [-0.1, -0.05) is 25.0 Å². The number of nitrogens with one attached hydrogen (secondary N) is 1. The van der Waals surface area contributed by atoms with Crippen LogP contribution in [0.2, 0.25) is 0 Å². The normalized spacial score (nSPS) is 23.5. The van der Waals surface area contributed by atoms with Crippen molar-refractivity contribution < 1.29 is 14.3 Å². The lowest BCUT2D eigenvalue weighted by molar-refractivity contribution is -0.125. The van der Waals surface area contributed by atoms with Crippen molar-refractivity contribution in [1.29, 1.82) is 0 Å². The first-order valence-corrected chi connectivity index (χ1v) is 11.4. The molecule has 4 rings (SSSR count). The first-order valence-electron chi connectivity index (χ1n) is 10.4. The second-order valence-electron chi connectivity index (χ2n) is 7.95. The second-order valence-corrected chi connectivity index (χ2v) is 8.73. The fourth-order valence-corrected chi connectivity index (χ4v) is 5.53. The van der Waals surface area contributed by atoms with Gasteiger partial charge in [0.25, 0.3) is 5.91 Å². The van der Waals surface area contributed by atoms with Crippen LogP contribution in [0.25, 0.3) is 0 Å². The predicted molar refractivity (Wildman–Crippen MR) is 114 cm³/mol. The lowest BCUT2D eigenvalue weighted by Gasteiger charge is -2.34. The largest absolute Gasteiger partial charge is 0.496 e. The number of ether oxygens (including phenoxy) is 1. The van der Waals surface area contributed by atoms with Crippen molar-refractivity contribution in [2.75, 3.05) is 13.7 Å². The molecule has 3 atom stereocenters. The first-order chi connectivity index (χ1) is 14.2. The van der Waals surface area contributed by atoms with Gasteiger partial charge in [-0.05, 0) is 66.1 Å². The molecule has 1 aliphatic heterocycles. The summed E-state index contributed by atoms with van der Waals surface area (Å²) in [4.78, 5) is 28.5. The molecule has 29 heavy (non-hydrogen) atoms. The van der Waals surface area contributed by atoms with Crippen LogP contribution in [0.15, 0.2) is 41.1 Å². The molecule has 2 amide bonds. The molecule has 1 aromatic heterocycles. The van der Waals surface area contributed by atoms with Gasteiger partial charge in [0, 0.05) is 12.6 Å². The van der Waals surface area contributed by atoms with Gasteiger partial charge >= 0.3 is 0 Å². The number of methoxy groups -OCH3 is 1. The number of para-hydroxylation sites is 1. The number of nitrogens with zero attached hydrogens (tertiary/aromatic N) is 1. The van der Waals surface area contributed by atoms with Gasteiger partial charge in [0.15, 0.2) is 0 Å². The third kappa shape index (κ3) is 4.17. The van der Waals surface area contributed by atoms with Crippen LogP contribution in [0, 0.1) is 5.92 Å². The molecule has 2 aliphatic rings. The van der Waals surface area contributed by atoms with Crippen molar-refractivity contribution in [1.82, 2.24) is 10.2 Å². The first kappa shape index (κ1) is 20.0. The van der Waals surface area contributed by atoms with E-state index in [4.69, 9.17) is 4.74 Å². The van der Waals surface area contributed by atoms with Crippen molar-refractivity contribution in [3.05, 3.63) is 52.2 Å². The van der Waals surface area contributed by atoms with Crippen molar-refractivity contribution in [3.8, 4) is 5.75 Å².